The molecule has 3 amide bonds. The molecule has 24 heavy (non-hydrogen) atoms. The van der Waals surface area contributed by atoms with E-state index in [1.54, 1.807) is 4.90 Å². The summed E-state index contributed by atoms with van der Waals surface area (Å²) in [7, 11) is 0. The number of carbonyl (C=O) groups excluding carboxylic acids is 2. The first-order chi connectivity index (χ1) is 11.4. The number of anilines is 1. The van der Waals surface area contributed by atoms with Crippen LogP contribution in [0.1, 0.15) is 25.8 Å². The third-order valence-electron chi connectivity index (χ3n) is 4.60. The van der Waals surface area contributed by atoms with Crippen LogP contribution in [0.5, 0.6) is 0 Å². The number of ether oxygens (including phenoxy) is 1. The van der Waals surface area contributed by atoms with Crippen molar-refractivity contribution in [3.63, 3.8) is 0 Å². The maximum absolute atomic E-state index is 12.6. The Kier molecular flexibility index (Phi) is 4.76. The van der Waals surface area contributed by atoms with E-state index in [0.717, 1.165) is 11.3 Å². The Morgan fingerprint density at radius 2 is 2.00 bits per heavy atom. The van der Waals surface area contributed by atoms with Crippen molar-refractivity contribution < 1.29 is 14.3 Å². The molecule has 0 unspecified atom stereocenters. The molecule has 0 saturated carbocycles. The molecule has 0 aliphatic carbocycles. The summed E-state index contributed by atoms with van der Waals surface area (Å²) in [5.74, 6) is -0.146. The number of benzene rings is 1. The lowest BCUT2D eigenvalue weighted by atomic mass is 9.99. The zero-order chi connectivity index (χ0) is 17.3. The third-order valence-corrected chi connectivity index (χ3v) is 4.60. The van der Waals surface area contributed by atoms with E-state index in [2.05, 4.69) is 10.6 Å². The van der Waals surface area contributed by atoms with Crippen LogP contribution >= 0.6 is 0 Å². The maximum atomic E-state index is 12.6. The lowest BCUT2D eigenvalue weighted by Gasteiger charge is -2.33. The summed E-state index contributed by atoms with van der Waals surface area (Å²) in [5, 5.41) is 5.91. The number of para-hydroxylation sites is 1. The van der Waals surface area contributed by atoms with Crippen molar-refractivity contribution >= 4 is 17.6 Å². The van der Waals surface area contributed by atoms with Crippen molar-refractivity contribution in [3.8, 4) is 0 Å². The van der Waals surface area contributed by atoms with E-state index in [4.69, 9.17) is 4.74 Å². The van der Waals surface area contributed by atoms with Gasteiger partial charge in [-0.05, 0) is 38.8 Å². The Balaban J connectivity index is 1.63. The van der Waals surface area contributed by atoms with Gasteiger partial charge in [0, 0.05) is 24.8 Å². The molecule has 2 fully saturated rings. The lowest BCUT2D eigenvalue weighted by Crippen LogP contribution is -2.49. The van der Waals surface area contributed by atoms with E-state index < -0.39 is 0 Å². The van der Waals surface area contributed by atoms with Crippen LogP contribution in [0.3, 0.4) is 0 Å². The van der Waals surface area contributed by atoms with Gasteiger partial charge in [-0.3, -0.25) is 4.79 Å². The van der Waals surface area contributed by atoms with E-state index in [1.807, 2.05) is 45.0 Å². The zero-order valence-corrected chi connectivity index (χ0v) is 14.4. The Morgan fingerprint density at radius 1 is 1.25 bits per heavy atom. The monoisotopic (exact) mass is 331 g/mol. The first-order valence-electron chi connectivity index (χ1n) is 8.51. The number of nitrogens with zero attached hydrogens (tertiary/aromatic N) is 1. The number of urea groups is 1. The molecular formula is C18H25N3O3. The molecule has 1 aromatic carbocycles. The number of carbonyl (C=O) groups is 2. The molecule has 2 aliphatic heterocycles. The number of hydrogen-bond acceptors (Lipinski definition) is 3. The molecule has 6 heteroatoms. The van der Waals surface area contributed by atoms with Crippen molar-refractivity contribution in [2.45, 2.75) is 45.4 Å². The van der Waals surface area contributed by atoms with E-state index >= 15 is 0 Å². The first kappa shape index (κ1) is 16.8. The number of fused-ring (bicyclic) bond motifs is 2. The molecule has 2 aliphatic rings. The second-order valence-corrected chi connectivity index (χ2v) is 6.95. The summed E-state index contributed by atoms with van der Waals surface area (Å²) < 4.78 is 5.88. The number of hydrogen-bond donors (Lipinski definition) is 2. The third kappa shape index (κ3) is 3.53. The average Bonchev–Trinajstić information content (AvgIpc) is 2.83. The highest BCUT2D eigenvalue weighted by molar-refractivity contribution is 5.90. The zero-order valence-electron chi connectivity index (χ0n) is 14.4. The van der Waals surface area contributed by atoms with Gasteiger partial charge in [-0.15, -0.1) is 0 Å². The minimum absolute atomic E-state index is 0.0265. The molecule has 2 N–H and O–H groups in total. The fourth-order valence-electron chi connectivity index (χ4n) is 3.40. The number of likely N-dealkylation sites (tertiary alicyclic amines) is 1. The molecule has 2 saturated heterocycles. The molecule has 1 aromatic rings. The largest absolute Gasteiger partial charge is 0.370 e. The van der Waals surface area contributed by atoms with Crippen LogP contribution in [0, 0.1) is 12.8 Å². The molecule has 0 aromatic heterocycles. The molecule has 0 spiro atoms. The van der Waals surface area contributed by atoms with Gasteiger partial charge < -0.3 is 20.3 Å². The normalized spacial score (nSPS) is 25.7. The topological polar surface area (TPSA) is 70.7 Å². The molecule has 130 valence electrons. The van der Waals surface area contributed by atoms with Crippen LogP contribution in [-0.2, 0) is 9.53 Å². The number of amides is 3. The Bertz CT molecular complexity index is 632. The van der Waals surface area contributed by atoms with Crippen molar-refractivity contribution in [3.05, 3.63) is 29.8 Å². The van der Waals surface area contributed by atoms with E-state index in [1.165, 1.54) is 0 Å². The highest BCUT2D eigenvalue weighted by Gasteiger charge is 2.45. The van der Waals surface area contributed by atoms with Crippen LogP contribution in [-0.4, -0.2) is 48.2 Å². The van der Waals surface area contributed by atoms with Gasteiger partial charge in [0.25, 0.3) is 0 Å². The summed E-state index contributed by atoms with van der Waals surface area (Å²) in [6.07, 6.45) is 0.400. The summed E-state index contributed by atoms with van der Waals surface area (Å²) in [6, 6.07) is 7.67. The van der Waals surface area contributed by atoms with Gasteiger partial charge in [-0.2, -0.15) is 0 Å². The molecule has 2 heterocycles. The van der Waals surface area contributed by atoms with Gasteiger partial charge in [-0.1, -0.05) is 18.2 Å². The highest BCUT2D eigenvalue weighted by Crippen LogP contribution is 2.32. The number of aryl methyl sites for hydroxylation is 1. The predicted octanol–water partition coefficient (Wildman–Crippen LogP) is 2.14. The van der Waals surface area contributed by atoms with Crippen molar-refractivity contribution in [1.82, 2.24) is 10.2 Å². The van der Waals surface area contributed by atoms with Crippen molar-refractivity contribution in [2.75, 3.05) is 18.4 Å². The van der Waals surface area contributed by atoms with Gasteiger partial charge in [0.1, 0.15) is 0 Å². The second-order valence-electron chi connectivity index (χ2n) is 6.95. The first-order valence-corrected chi connectivity index (χ1v) is 8.51. The minimum Gasteiger partial charge on any atom is -0.370 e. The SMILES string of the molecule is Cc1ccccc1NC(=O)N1C[C@@H]2C[C@@H](C(=O)NC(C)C)[C@H](C1)O2. The smallest absolute Gasteiger partial charge is 0.322 e. The molecule has 3 rings (SSSR count). The summed E-state index contributed by atoms with van der Waals surface area (Å²) in [4.78, 5) is 26.6. The quantitative estimate of drug-likeness (QED) is 0.891. The van der Waals surface area contributed by atoms with Crippen LogP contribution in [0.4, 0.5) is 10.5 Å². The van der Waals surface area contributed by atoms with E-state index in [-0.39, 0.29) is 36.1 Å². The molecule has 6 nitrogen and oxygen atoms in total. The second kappa shape index (κ2) is 6.81. The molecular weight excluding hydrogens is 306 g/mol. The standard InChI is InChI=1S/C18H25N3O3/c1-11(2)19-17(22)14-8-13-9-21(10-16(14)24-13)18(23)20-15-7-5-4-6-12(15)3/h4-7,11,13-14,16H,8-10H2,1-3H3,(H,19,22)(H,20,23)/t13-,14+,16-/m0/s1. The lowest BCUT2D eigenvalue weighted by molar-refractivity contribution is -0.128. The van der Waals surface area contributed by atoms with Crippen LogP contribution in [0.2, 0.25) is 0 Å². The molecule has 3 atom stereocenters. The fourth-order valence-corrected chi connectivity index (χ4v) is 3.40. The Labute approximate surface area is 142 Å². The number of rotatable bonds is 3. The van der Waals surface area contributed by atoms with Gasteiger partial charge in [0.05, 0.1) is 18.1 Å². The Hall–Kier alpha value is -2.08. The van der Waals surface area contributed by atoms with Gasteiger partial charge >= 0.3 is 6.03 Å². The molecule has 0 radical (unpaired) electrons. The summed E-state index contributed by atoms with van der Waals surface area (Å²) >= 11 is 0. The summed E-state index contributed by atoms with van der Waals surface area (Å²) in [6.45, 7) is 6.83. The van der Waals surface area contributed by atoms with E-state index in [0.29, 0.717) is 19.5 Å². The van der Waals surface area contributed by atoms with E-state index in [9.17, 15) is 9.59 Å². The van der Waals surface area contributed by atoms with Crippen LogP contribution in [0.15, 0.2) is 24.3 Å². The number of nitrogens with one attached hydrogen (secondary N) is 2. The van der Waals surface area contributed by atoms with Crippen molar-refractivity contribution in [2.24, 2.45) is 5.92 Å². The minimum atomic E-state index is -0.217. The van der Waals surface area contributed by atoms with Gasteiger partial charge in [0.2, 0.25) is 5.91 Å². The van der Waals surface area contributed by atoms with Gasteiger partial charge in [-0.25, -0.2) is 4.79 Å². The predicted molar refractivity (Wildman–Crippen MR) is 91.8 cm³/mol. The highest BCUT2D eigenvalue weighted by atomic mass is 16.5. The molecule has 2 bridgehead atoms. The maximum Gasteiger partial charge on any atom is 0.322 e. The average molecular weight is 331 g/mol. The van der Waals surface area contributed by atoms with Crippen LogP contribution < -0.4 is 10.6 Å². The van der Waals surface area contributed by atoms with Crippen LogP contribution in [0.25, 0.3) is 0 Å². The van der Waals surface area contributed by atoms with Crippen molar-refractivity contribution in [1.29, 1.82) is 0 Å². The van der Waals surface area contributed by atoms with Gasteiger partial charge in [0.15, 0.2) is 0 Å². The Morgan fingerprint density at radius 3 is 2.71 bits per heavy atom. The number of morpholine rings is 1. The summed E-state index contributed by atoms with van der Waals surface area (Å²) in [5.41, 5.74) is 1.84. The fraction of sp³-hybridized carbons (Fsp3) is 0.556.